The van der Waals surface area contributed by atoms with Crippen molar-refractivity contribution in [2.75, 3.05) is 13.2 Å². The van der Waals surface area contributed by atoms with Crippen LogP contribution >= 0.6 is 0 Å². The maximum absolute atomic E-state index is 10.3. The third-order valence-corrected chi connectivity index (χ3v) is 4.37. The molecule has 1 unspecified atom stereocenters. The van der Waals surface area contributed by atoms with E-state index in [4.69, 9.17) is 9.47 Å². The molecule has 1 heterocycles. The predicted octanol–water partition coefficient (Wildman–Crippen LogP) is 1.16. The van der Waals surface area contributed by atoms with Gasteiger partial charge in [0.25, 0.3) is 0 Å². The molecule has 0 amide bonds. The molecule has 1 aliphatic rings. The molecule has 1 aromatic rings. The number of aliphatic hydroxyl groups is 4. The first-order valence-corrected chi connectivity index (χ1v) is 8.62. The molecule has 0 spiro atoms. The molecule has 1 saturated heterocycles. The maximum atomic E-state index is 10.3. The minimum Gasteiger partial charge on any atom is -0.493 e. The smallest absolute Gasteiger partial charge is 0.125 e. The highest BCUT2D eigenvalue weighted by Crippen LogP contribution is 2.36. The quantitative estimate of drug-likeness (QED) is 0.530. The third-order valence-electron chi connectivity index (χ3n) is 4.37. The Hall–Kier alpha value is -1.18. The number of unbranched alkanes of at least 4 members (excludes halogenated alkanes) is 3. The van der Waals surface area contributed by atoms with Crippen LogP contribution in [0.15, 0.2) is 24.3 Å². The van der Waals surface area contributed by atoms with Crippen molar-refractivity contribution in [1.82, 2.24) is 0 Å². The number of ether oxygens (including phenoxy) is 2. The predicted molar refractivity (Wildman–Crippen MR) is 88.8 cm³/mol. The van der Waals surface area contributed by atoms with Gasteiger partial charge in [0.1, 0.15) is 36.3 Å². The highest BCUT2D eigenvalue weighted by Gasteiger charge is 2.44. The molecule has 0 aromatic heterocycles. The molecule has 6 heteroatoms. The fraction of sp³-hybridized carbons (Fsp3) is 0.667. The summed E-state index contributed by atoms with van der Waals surface area (Å²) in [6, 6.07) is 7.17. The molecule has 1 aliphatic heterocycles. The van der Waals surface area contributed by atoms with Crippen molar-refractivity contribution in [2.24, 2.45) is 0 Å². The van der Waals surface area contributed by atoms with Crippen molar-refractivity contribution >= 4 is 0 Å². The minimum absolute atomic E-state index is 0.443. The monoisotopic (exact) mass is 340 g/mol. The van der Waals surface area contributed by atoms with Gasteiger partial charge < -0.3 is 29.9 Å². The molecule has 0 saturated carbocycles. The van der Waals surface area contributed by atoms with E-state index >= 15 is 0 Å². The summed E-state index contributed by atoms with van der Waals surface area (Å²) in [5.41, 5.74) is 0.602. The molecular weight excluding hydrogens is 312 g/mol. The number of rotatable bonds is 8. The summed E-state index contributed by atoms with van der Waals surface area (Å²) < 4.78 is 11.4. The lowest BCUT2D eigenvalue weighted by Gasteiger charge is -2.40. The van der Waals surface area contributed by atoms with Crippen LogP contribution in [0.4, 0.5) is 0 Å². The Kier molecular flexibility index (Phi) is 7.45. The number of para-hydroxylation sites is 1. The van der Waals surface area contributed by atoms with Gasteiger partial charge in [-0.15, -0.1) is 0 Å². The molecule has 6 nitrogen and oxygen atoms in total. The first-order valence-electron chi connectivity index (χ1n) is 8.62. The first-order chi connectivity index (χ1) is 11.6. The van der Waals surface area contributed by atoms with Crippen LogP contribution in [0, 0.1) is 0 Å². The van der Waals surface area contributed by atoms with E-state index in [0.29, 0.717) is 17.9 Å². The zero-order valence-electron chi connectivity index (χ0n) is 14.0. The first kappa shape index (κ1) is 19.1. The molecule has 0 bridgehead atoms. The van der Waals surface area contributed by atoms with Gasteiger partial charge in [0, 0.05) is 5.56 Å². The van der Waals surface area contributed by atoms with E-state index in [1.165, 1.54) is 0 Å². The second kappa shape index (κ2) is 9.34. The van der Waals surface area contributed by atoms with Gasteiger partial charge in [-0.25, -0.2) is 0 Å². The van der Waals surface area contributed by atoms with Crippen molar-refractivity contribution in [3.63, 3.8) is 0 Å². The average molecular weight is 340 g/mol. The molecule has 4 N–H and O–H groups in total. The van der Waals surface area contributed by atoms with Gasteiger partial charge >= 0.3 is 0 Å². The fourth-order valence-corrected chi connectivity index (χ4v) is 2.92. The fourth-order valence-electron chi connectivity index (χ4n) is 2.92. The van der Waals surface area contributed by atoms with Crippen LogP contribution in [-0.2, 0) is 4.74 Å². The van der Waals surface area contributed by atoms with Gasteiger partial charge in [0.2, 0.25) is 0 Å². The molecule has 0 aliphatic carbocycles. The third kappa shape index (κ3) is 4.46. The molecule has 1 aromatic carbocycles. The molecule has 2 rings (SSSR count). The van der Waals surface area contributed by atoms with Crippen LogP contribution in [0.1, 0.15) is 44.3 Å². The van der Waals surface area contributed by atoms with Crippen LogP contribution in [-0.4, -0.2) is 58.1 Å². The molecule has 24 heavy (non-hydrogen) atoms. The summed E-state index contributed by atoms with van der Waals surface area (Å²) in [5.74, 6) is 0.582. The standard InChI is InChI=1S/C18H28O6/c1-2-3-4-7-10-23-13-9-6-5-8-12(13)18-17(22)16(21)15(20)14(11-19)24-18/h5-6,8-9,14-22H,2-4,7,10-11H2,1H3/t14-,15-,16+,17+,18?/m1/s1. The lowest BCUT2D eigenvalue weighted by atomic mass is 9.91. The van der Waals surface area contributed by atoms with Crippen molar-refractivity contribution in [1.29, 1.82) is 0 Å². The van der Waals surface area contributed by atoms with Gasteiger partial charge in [-0.05, 0) is 12.5 Å². The summed E-state index contributed by atoms with van der Waals surface area (Å²) in [6.07, 6.45) is -1.48. The van der Waals surface area contributed by atoms with E-state index in [2.05, 4.69) is 6.92 Å². The molecule has 136 valence electrons. The van der Waals surface area contributed by atoms with E-state index < -0.39 is 37.1 Å². The van der Waals surface area contributed by atoms with Crippen LogP contribution in [0.3, 0.4) is 0 Å². The van der Waals surface area contributed by atoms with Crippen LogP contribution in [0.5, 0.6) is 5.75 Å². The highest BCUT2D eigenvalue weighted by atomic mass is 16.5. The van der Waals surface area contributed by atoms with Gasteiger partial charge in [-0.2, -0.15) is 0 Å². The van der Waals surface area contributed by atoms with Crippen LogP contribution in [0.2, 0.25) is 0 Å². The zero-order chi connectivity index (χ0) is 17.5. The van der Waals surface area contributed by atoms with Gasteiger partial charge in [-0.3, -0.25) is 0 Å². The van der Waals surface area contributed by atoms with Crippen molar-refractivity contribution < 1.29 is 29.9 Å². The average Bonchev–Trinajstić information content (AvgIpc) is 2.60. The van der Waals surface area contributed by atoms with Gasteiger partial charge in [0.15, 0.2) is 0 Å². The minimum atomic E-state index is -1.39. The van der Waals surface area contributed by atoms with Crippen molar-refractivity contribution in [2.45, 2.75) is 63.1 Å². The molecule has 5 atom stereocenters. The van der Waals surface area contributed by atoms with E-state index in [1.807, 2.05) is 6.07 Å². The van der Waals surface area contributed by atoms with E-state index in [0.717, 1.165) is 25.7 Å². The lowest BCUT2D eigenvalue weighted by Crippen LogP contribution is -2.55. The number of hydrogen-bond acceptors (Lipinski definition) is 6. The van der Waals surface area contributed by atoms with Crippen molar-refractivity contribution in [3.8, 4) is 5.75 Å². The zero-order valence-corrected chi connectivity index (χ0v) is 14.0. The summed E-state index contributed by atoms with van der Waals surface area (Å²) in [6.45, 7) is 2.27. The van der Waals surface area contributed by atoms with Crippen LogP contribution in [0.25, 0.3) is 0 Å². The summed E-state index contributed by atoms with van der Waals surface area (Å²) >= 11 is 0. The van der Waals surface area contributed by atoms with Gasteiger partial charge in [0.05, 0.1) is 13.2 Å². The summed E-state index contributed by atoms with van der Waals surface area (Å²) in [5, 5.41) is 39.4. The summed E-state index contributed by atoms with van der Waals surface area (Å²) in [7, 11) is 0. The second-order valence-electron chi connectivity index (χ2n) is 6.20. The Balaban J connectivity index is 2.09. The molecular formula is C18H28O6. The number of benzene rings is 1. The Labute approximate surface area is 142 Å². The summed E-state index contributed by atoms with van der Waals surface area (Å²) in [4.78, 5) is 0. The second-order valence-corrected chi connectivity index (χ2v) is 6.20. The molecule has 1 fully saturated rings. The maximum Gasteiger partial charge on any atom is 0.125 e. The topological polar surface area (TPSA) is 99.4 Å². The number of hydrogen-bond donors (Lipinski definition) is 4. The largest absolute Gasteiger partial charge is 0.493 e. The Bertz CT molecular complexity index is 492. The van der Waals surface area contributed by atoms with Gasteiger partial charge in [-0.1, -0.05) is 44.4 Å². The Morgan fingerprint density at radius 2 is 1.75 bits per heavy atom. The Morgan fingerprint density at radius 3 is 2.46 bits per heavy atom. The molecule has 0 radical (unpaired) electrons. The highest BCUT2D eigenvalue weighted by molar-refractivity contribution is 5.36. The van der Waals surface area contributed by atoms with E-state index in [9.17, 15) is 20.4 Å². The number of aliphatic hydroxyl groups excluding tert-OH is 4. The van der Waals surface area contributed by atoms with E-state index in [-0.39, 0.29) is 0 Å². The lowest BCUT2D eigenvalue weighted by molar-refractivity contribution is -0.232. The normalized spacial score (nSPS) is 30.3. The van der Waals surface area contributed by atoms with Crippen LogP contribution < -0.4 is 4.74 Å². The SMILES string of the molecule is CCCCCCOc1ccccc1C1O[C@H](CO)[C@@H](O)[C@H](O)[C@@H]1O. The van der Waals surface area contributed by atoms with Crippen molar-refractivity contribution in [3.05, 3.63) is 29.8 Å². The van der Waals surface area contributed by atoms with E-state index in [1.54, 1.807) is 18.2 Å². The Morgan fingerprint density at radius 1 is 1.00 bits per heavy atom.